The molecular weight excluding hydrogens is 703 g/mol. The van der Waals surface area contributed by atoms with Gasteiger partial charge in [-0.25, -0.2) is 0 Å². The number of furan rings is 1. The van der Waals surface area contributed by atoms with Gasteiger partial charge in [0.25, 0.3) is 0 Å². The average molecular weight is 730 g/mol. The zero-order valence-electron chi connectivity index (χ0n) is 28.2. The third-order valence-electron chi connectivity index (χ3n) is 10.7. The molecule has 2 nitrogen and oxygen atoms in total. The van der Waals surface area contributed by atoms with Crippen molar-refractivity contribution in [1.29, 1.82) is 0 Å². The first-order valence-electron chi connectivity index (χ1n) is 17.7. The summed E-state index contributed by atoms with van der Waals surface area (Å²) in [5.74, 6) is 0. The Morgan fingerprint density at radius 3 is 1.72 bits per heavy atom. The zero-order chi connectivity index (χ0) is 34.6. The summed E-state index contributed by atoms with van der Waals surface area (Å²) in [6.07, 6.45) is 0. The van der Waals surface area contributed by atoms with Gasteiger partial charge in [-0.3, -0.25) is 0 Å². The van der Waals surface area contributed by atoms with Crippen LogP contribution in [0.3, 0.4) is 0 Å². The number of thiophene rings is 3. The van der Waals surface area contributed by atoms with Gasteiger partial charge in [0.15, 0.2) is 0 Å². The smallest absolute Gasteiger partial charge is 0.144 e. The van der Waals surface area contributed by atoms with Crippen molar-refractivity contribution in [2.24, 2.45) is 0 Å². The lowest BCUT2D eigenvalue weighted by Gasteiger charge is -2.27. The molecule has 0 saturated carbocycles. The van der Waals surface area contributed by atoms with E-state index in [1.165, 1.54) is 83.0 Å². The summed E-state index contributed by atoms with van der Waals surface area (Å²) in [6, 6.07) is 59.9. The Hall–Kier alpha value is -5.98. The zero-order valence-corrected chi connectivity index (χ0v) is 30.6. The van der Waals surface area contributed by atoms with E-state index in [0.717, 1.165) is 27.6 Å². The number of hydrogen-bond acceptors (Lipinski definition) is 5. The van der Waals surface area contributed by atoms with Crippen LogP contribution < -0.4 is 4.90 Å². The molecule has 8 aromatic carbocycles. The molecule has 12 rings (SSSR count). The van der Waals surface area contributed by atoms with Gasteiger partial charge in [-0.1, -0.05) is 103 Å². The molecular formula is C48H27NOS3. The lowest BCUT2D eigenvalue weighted by molar-refractivity contribution is 0.673. The Labute approximate surface area is 316 Å². The van der Waals surface area contributed by atoms with Gasteiger partial charge < -0.3 is 9.32 Å². The average Bonchev–Trinajstić information content (AvgIpc) is 3.98. The highest BCUT2D eigenvalue weighted by Gasteiger charge is 2.23. The van der Waals surface area contributed by atoms with Crippen molar-refractivity contribution < 1.29 is 4.42 Å². The summed E-state index contributed by atoms with van der Waals surface area (Å²) < 4.78 is 14.3. The molecule has 4 aromatic heterocycles. The SMILES string of the molecule is c1cc(-c2cccc3sc4ccc5c6ccccc6oc5c4c23)cc(N(c2cccc3c2sc2ccccc23)c2cccc3c2sc2ccccc23)c1. The maximum Gasteiger partial charge on any atom is 0.144 e. The van der Waals surface area contributed by atoms with Crippen LogP contribution in [0.1, 0.15) is 0 Å². The lowest BCUT2D eigenvalue weighted by Crippen LogP contribution is -2.10. The van der Waals surface area contributed by atoms with Crippen molar-refractivity contribution in [3.8, 4) is 11.1 Å². The minimum absolute atomic E-state index is 0.926. The molecule has 12 aromatic rings. The monoisotopic (exact) mass is 729 g/mol. The molecule has 0 fully saturated rings. The lowest BCUT2D eigenvalue weighted by atomic mass is 9.97. The van der Waals surface area contributed by atoms with Crippen LogP contribution in [0.4, 0.5) is 17.1 Å². The van der Waals surface area contributed by atoms with Gasteiger partial charge >= 0.3 is 0 Å². The molecule has 0 radical (unpaired) electrons. The Morgan fingerprint density at radius 2 is 0.981 bits per heavy atom. The van der Waals surface area contributed by atoms with Gasteiger partial charge in [0.05, 0.1) is 20.8 Å². The minimum atomic E-state index is 0.926. The van der Waals surface area contributed by atoms with Gasteiger partial charge in [-0.15, -0.1) is 34.0 Å². The number of fused-ring (bicyclic) bond motifs is 13. The molecule has 0 amide bonds. The third-order valence-corrected chi connectivity index (χ3v) is 14.2. The van der Waals surface area contributed by atoms with Crippen molar-refractivity contribution >= 4 is 134 Å². The van der Waals surface area contributed by atoms with Crippen molar-refractivity contribution in [3.63, 3.8) is 0 Å². The van der Waals surface area contributed by atoms with E-state index in [4.69, 9.17) is 4.42 Å². The Bertz CT molecular complexity index is 3320. The summed E-state index contributed by atoms with van der Waals surface area (Å²) in [5, 5.41) is 9.95. The largest absolute Gasteiger partial charge is 0.455 e. The number of benzene rings is 8. The number of para-hydroxylation sites is 1. The van der Waals surface area contributed by atoms with Crippen LogP contribution in [0, 0.1) is 0 Å². The van der Waals surface area contributed by atoms with Crippen molar-refractivity contribution in [3.05, 3.63) is 164 Å². The summed E-state index contributed by atoms with van der Waals surface area (Å²) in [6.45, 7) is 0. The maximum absolute atomic E-state index is 6.63. The van der Waals surface area contributed by atoms with Gasteiger partial charge in [0.1, 0.15) is 11.2 Å². The standard InChI is InChI=1S/C48H27NOS3/c1-4-21-39-31(13-1)34-25-26-43-45(46(34)50-39)44-30(16-10-24-42(44)51-43)28-11-7-12-29(27-28)49(37-19-8-17-35-32-14-2-5-22-40(32)52-47(35)37)38-20-9-18-36-33-15-3-6-23-41(33)53-48(36)38/h1-27H. The fraction of sp³-hybridized carbons (Fsp3) is 0. The second-order valence-electron chi connectivity index (χ2n) is 13.6. The molecule has 0 aliphatic carbocycles. The predicted octanol–water partition coefficient (Wildman–Crippen LogP) is 15.8. The van der Waals surface area contributed by atoms with E-state index in [9.17, 15) is 0 Å². The van der Waals surface area contributed by atoms with Crippen LogP contribution >= 0.6 is 34.0 Å². The van der Waals surface area contributed by atoms with Crippen LogP contribution in [0.5, 0.6) is 0 Å². The summed E-state index contributed by atoms with van der Waals surface area (Å²) in [5.41, 5.74) is 7.79. The van der Waals surface area contributed by atoms with E-state index in [2.05, 4.69) is 169 Å². The Kier molecular flexibility index (Phi) is 6.28. The summed E-state index contributed by atoms with van der Waals surface area (Å²) >= 11 is 5.59. The van der Waals surface area contributed by atoms with Crippen LogP contribution in [-0.2, 0) is 0 Å². The molecule has 0 aliphatic heterocycles. The van der Waals surface area contributed by atoms with E-state index in [0.29, 0.717) is 0 Å². The van der Waals surface area contributed by atoms with Crippen LogP contribution in [0.2, 0.25) is 0 Å². The number of nitrogens with zero attached hydrogens (tertiary/aromatic N) is 1. The van der Waals surface area contributed by atoms with Gasteiger partial charge in [-0.2, -0.15) is 0 Å². The van der Waals surface area contributed by atoms with Crippen molar-refractivity contribution in [1.82, 2.24) is 0 Å². The summed E-state index contributed by atoms with van der Waals surface area (Å²) in [7, 11) is 0. The quantitative estimate of drug-likeness (QED) is 0.179. The first-order chi connectivity index (χ1) is 26.3. The summed E-state index contributed by atoms with van der Waals surface area (Å²) in [4.78, 5) is 2.50. The Balaban J connectivity index is 1.14. The van der Waals surface area contributed by atoms with Crippen LogP contribution in [-0.4, -0.2) is 0 Å². The van der Waals surface area contributed by atoms with E-state index in [-0.39, 0.29) is 0 Å². The first kappa shape index (κ1) is 29.6. The van der Waals surface area contributed by atoms with E-state index in [1.807, 2.05) is 34.0 Å². The molecule has 0 saturated heterocycles. The Morgan fingerprint density at radius 1 is 0.396 bits per heavy atom. The second-order valence-corrected chi connectivity index (χ2v) is 16.8. The first-order valence-corrected chi connectivity index (χ1v) is 20.2. The van der Waals surface area contributed by atoms with Crippen molar-refractivity contribution in [2.75, 3.05) is 4.90 Å². The molecule has 0 atom stereocenters. The highest BCUT2D eigenvalue weighted by Crippen LogP contribution is 2.50. The second kappa shape index (κ2) is 11.3. The fourth-order valence-electron chi connectivity index (χ4n) is 8.36. The van der Waals surface area contributed by atoms with Gasteiger partial charge in [0, 0.05) is 67.6 Å². The topological polar surface area (TPSA) is 16.4 Å². The molecule has 4 heterocycles. The normalized spacial score (nSPS) is 12.2. The van der Waals surface area contributed by atoms with Crippen LogP contribution in [0.25, 0.3) is 93.6 Å². The maximum atomic E-state index is 6.63. The fourth-order valence-corrected chi connectivity index (χ4v) is 11.9. The highest BCUT2D eigenvalue weighted by molar-refractivity contribution is 7.27. The number of anilines is 3. The molecule has 0 aliphatic rings. The molecule has 53 heavy (non-hydrogen) atoms. The predicted molar refractivity (Wildman–Crippen MR) is 233 cm³/mol. The van der Waals surface area contributed by atoms with E-state index < -0.39 is 0 Å². The van der Waals surface area contributed by atoms with Gasteiger partial charge in [0.2, 0.25) is 0 Å². The van der Waals surface area contributed by atoms with Crippen molar-refractivity contribution in [2.45, 2.75) is 0 Å². The van der Waals surface area contributed by atoms with Gasteiger partial charge in [-0.05, 0) is 71.8 Å². The van der Waals surface area contributed by atoms with E-state index in [1.54, 1.807) is 0 Å². The molecule has 0 unspecified atom stereocenters. The highest BCUT2D eigenvalue weighted by atomic mass is 32.1. The molecule has 0 spiro atoms. The minimum Gasteiger partial charge on any atom is -0.455 e. The third kappa shape index (κ3) is 4.30. The molecule has 0 bridgehead atoms. The number of hydrogen-bond donors (Lipinski definition) is 0. The number of rotatable bonds is 4. The molecule has 0 N–H and O–H groups in total. The molecule has 5 heteroatoms. The van der Waals surface area contributed by atoms with E-state index >= 15 is 0 Å². The van der Waals surface area contributed by atoms with Crippen LogP contribution in [0.15, 0.2) is 168 Å². The molecule has 248 valence electrons.